The smallest absolute Gasteiger partial charge is 0.354 e. The van der Waals surface area contributed by atoms with Gasteiger partial charge >= 0.3 is 17.1 Å². The van der Waals surface area contributed by atoms with Gasteiger partial charge in [0.25, 0.3) is 11.2 Å². The van der Waals surface area contributed by atoms with Crippen LogP contribution in [0.15, 0.2) is 48.5 Å². The summed E-state index contributed by atoms with van der Waals surface area (Å²) in [5.41, 5.74) is 4.39. The Balaban J connectivity index is 1.79. The number of fused-ring (bicyclic) bond motifs is 2. The van der Waals surface area contributed by atoms with Crippen LogP contribution < -0.4 is 25.0 Å². The van der Waals surface area contributed by atoms with Gasteiger partial charge in [0.05, 0.1) is 0 Å². The number of rotatable bonds is 4. The molecule has 4 rings (SSSR count). The van der Waals surface area contributed by atoms with Gasteiger partial charge in [0.1, 0.15) is 17.9 Å². The number of carbonyl (C=O) groups excluding carboxylic acids is 2. The molecule has 3 aromatic rings. The summed E-state index contributed by atoms with van der Waals surface area (Å²) in [6, 6.07) is 13.1. The zero-order chi connectivity index (χ0) is 19.0. The molecule has 1 amide bonds. The van der Waals surface area contributed by atoms with E-state index >= 15 is 0 Å². The number of para-hydroxylation sites is 2. The molecule has 0 aliphatic carbocycles. The first-order chi connectivity index (χ1) is 13.1. The van der Waals surface area contributed by atoms with E-state index < -0.39 is 11.7 Å². The molecule has 0 saturated carbocycles. The molecule has 2 heterocycles. The minimum absolute atomic E-state index is 0.0359. The number of nitrogens with one attached hydrogen (secondary N) is 2. The molecule has 1 aliphatic rings. The van der Waals surface area contributed by atoms with Crippen molar-refractivity contribution in [1.82, 2.24) is 10.9 Å². The number of ether oxygens (including phenoxy) is 1. The molecule has 1 aliphatic heterocycles. The third kappa shape index (κ3) is 2.79. The third-order valence-corrected chi connectivity index (χ3v) is 4.24. The standard InChI is InChI=1S/C18H14N4O5/c23-15(10-27-11-5-2-1-3-6-11)12-7-4-8-13-16(12)22(26)14-9-19-20-18(24)17(14)21(13)25/h1-8,19H,9-10H2,(H,20,24). The Labute approximate surface area is 152 Å². The van der Waals surface area contributed by atoms with E-state index in [1.165, 1.54) is 18.2 Å². The highest BCUT2D eigenvalue weighted by molar-refractivity contribution is 6.05. The molecule has 9 nitrogen and oxygen atoms in total. The lowest BCUT2D eigenvalue weighted by Crippen LogP contribution is -2.57. The monoisotopic (exact) mass is 366 g/mol. The predicted molar refractivity (Wildman–Crippen MR) is 92.4 cm³/mol. The second kappa shape index (κ2) is 6.54. The number of benzene rings is 2. The van der Waals surface area contributed by atoms with Crippen molar-refractivity contribution in [3.8, 4) is 5.75 Å². The normalized spacial score (nSPS) is 13.1. The molecule has 0 unspecified atom stereocenters. The lowest BCUT2D eigenvalue weighted by molar-refractivity contribution is -0.637. The number of aromatic nitrogens is 2. The van der Waals surface area contributed by atoms with Crippen molar-refractivity contribution in [2.45, 2.75) is 6.54 Å². The van der Waals surface area contributed by atoms with Gasteiger partial charge in [-0.1, -0.05) is 24.3 Å². The Morgan fingerprint density at radius 1 is 1.07 bits per heavy atom. The molecule has 0 spiro atoms. The number of hydrogen-bond acceptors (Lipinski definition) is 6. The zero-order valence-electron chi connectivity index (χ0n) is 14.0. The number of ketones is 1. The molecule has 0 atom stereocenters. The van der Waals surface area contributed by atoms with Gasteiger partial charge in [0, 0.05) is 6.07 Å². The van der Waals surface area contributed by atoms with Gasteiger partial charge in [-0.2, -0.15) is 4.73 Å². The third-order valence-electron chi connectivity index (χ3n) is 4.24. The highest BCUT2D eigenvalue weighted by Crippen LogP contribution is 2.17. The van der Waals surface area contributed by atoms with Crippen LogP contribution in [0.1, 0.15) is 26.5 Å². The van der Waals surface area contributed by atoms with Gasteiger partial charge in [-0.05, 0) is 18.2 Å². The van der Waals surface area contributed by atoms with Crippen LogP contribution in [0.3, 0.4) is 0 Å². The van der Waals surface area contributed by atoms with Crippen molar-refractivity contribution >= 4 is 22.7 Å². The van der Waals surface area contributed by atoms with Gasteiger partial charge in [-0.15, -0.1) is 4.73 Å². The highest BCUT2D eigenvalue weighted by Gasteiger charge is 2.37. The molecular weight excluding hydrogens is 352 g/mol. The maximum atomic E-state index is 12.8. The zero-order valence-corrected chi connectivity index (χ0v) is 14.0. The molecule has 0 bridgehead atoms. The van der Waals surface area contributed by atoms with Crippen LogP contribution in [0, 0.1) is 10.4 Å². The summed E-state index contributed by atoms with van der Waals surface area (Å²) in [4.78, 5) is 24.6. The van der Waals surface area contributed by atoms with E-state index in [0.717, 1.165) is 0 Å². The summed E-state index contributed by atoms with van der Waals surface area (Å²) in [7, 11) is 0. The van der Waals surface area contributed by atoms with E-state index in [0.29, 0.717) is 15.2 Å². The van der Waals surface area contributed by atoms with E-state index in [1.54, 1.807) is 24.3 Å². The first kappa shape index (κ1) is 16.7. The van der Waals surface area contributed by atoms with E-state index in [-0.39, 0.29) is 41.1 Å². The number of Topliss-reactive ketones (excluding diaryl/α,β-unsaturated/α-hetero) is 1. The Kier molecular flexibility index (Phi) is 4.05. The molecule has 0 radical (unpaired) electrons. The first-order valence-electron chi connectivity index (χ1n) is 8.13. The Morgan fingerprint density at radius 2 is 1.85 bits per heavy atom. The summed E-state index contributed by atoms with van der Waals surface area (Å²) in [5.74, 6) is -0.651. The van der Waals surface area contributed by atoms with Gasteiger partial charge in [0.2, 0.25) is 5.78 Å². The molecule has 136 valence electrons. The molecule has 2 N–H and O–H groups in total. The van der Waals surface area contributed by atoms with E-state index in [9.17, 15) is 20.0 Å². The Hall–Kier alpha value is -3.72. The summed E-state index contributed by atoms with van der Waals surface area (Å²) in [6.07, 6.45) is 0. The van der Waals surface area contributed by atoms with Crippen LogP contribution in [-0.2, 0) is 6.54 Å². The SMILES string of the molecule is O=C(COc1ccccc1)c1cccc2c1[n+]([O-])c1c([n+]2[O-])C(=O)NNC1. The molecule has 2 aromatic carbocycles. The van der Waals surface area contributed by atoms with Crippen LogP contribution in [0.5, 0.6) is 5.75 Å². The lowest BCUT2D eigenvalue weighted by Gasteiger charge is -2.17. The van der Waals surface area contributed by atoms with Gasteiger partial charge in [-0.25, -0.2) is 5.43 Å². The van der Waals surface area contributed by atoms with Crippen molar-refractivity contribution in [3.63, 3.8) is 0 Å². The van der Waals surface area contributed by atoms with Crippen LogP contribution in [-0.4, -0.2) is 18.3 Å². The second-order valence-corrected chi connectivity index (χ2v) is 5.89. The van der Waals surface area contributed by atoms with Crippen molar-refractivity contribution in [2.75, 3.05) is 6.61 Å². The van der Waals surface area contributed by atoms with Crippen molar-refractivity contribution in [2.24, 2.45) is 0 Å². The maximum absolute atomic E-state index is 12.8. The van der Waals surface area contributed by atoms with Crippen LogP contribution in [0.2, 0.25) is 0 Å². The van der Waals surface area contributed by atoms with Gasteiger partial charge in [-0.3, -0.25) is 15.0 Å². The number of hydrazine groups is 1. The van der Waals surface area contributed by atoms with Gasteiger partial charge < -0.3 is 15.2 Å². The lowest BCUT2D eigenvalue weighted by atomic mass is 10.1. The number of carbonyl (C=O) groups is 2. The maximum Gasteiger partial charge on any atom is 0.354 e. The second-order valence-electron chi connectivity index (χ2n) is 5.89. The van der Waals surface area contributed by atoms with Crippen molar-refractivity contribution in [3.05, 3.63) is 75.9 Å². The quantitative estimate of drug-likeness (QED) is 0.384. The molecule has 0 fully saturated rings. The topological polar surface area (TPSA) is 121 Å². The molecule has 27 heavy (non-hydrogen) atoms. The highest BCUT2D eigenvalue weighted by atomic mass is 16.5. The fourth-order valence-corrected chi connectivity index (χ4v) is 2.99. The summed E-state index contributed by atoms with van der Waals surface area (Å²) in [5, 5.41) is 25.4. The van der Waals surface area contributed by atoms with E-state index in [2.05, 4.69) is 10.9 Å². The Morgan fingerprint density at radius 3 is 2.63 bits per heavy atom. The first-order valence-corrected chi connectivity index (χ1v) is 8.13. The van der Waals surface area contributed by atoms with Crippen LogP contribution in [0.25, 0.3) is 11.0 Å². The molecule has 0 saturated heterocycles. The fraction of sp³-hybridized carbons (Fsp3) is 0.111. The fourth-order valence-electron chi connectivity index (χ4n) is 2.99. The van der Waals surface area contributed by atoms with Crippen molar-refractivity contribution in [1.29, 1.82) is 0 Å². The summed E-state index contributed by atoms with van der Waals surface area (Å²) < 4.78 is 6.29. The molecule has 1 aromatic heterocycles. The average Bonchev–Trinajstić information content (AvgIpc) is 2.70. The minimum Gasteiger partial charge on any atom is -0.618 e. The Bertz CT molecular complexity index is 1070. The predicted octanol–water partition coefficient (Wildman–Crippen LogP) is 0.116. The largest absolute Gasteiger partial charge is 0.618 e. The summed E-state index contributed by atoms with van der Waals surface area (Å²) in [6.45, 7) is -0.330. The average molecular weight is 366 g/mol. The van der Waals surface area contributed by atoms with E-state index in [4.69, 9.17) is 4.74 Å². The summed E-state index contributed by atoms with van der Waals surface area (Å²) >= 11 is 0. The molecule has 9 heteroatoms. The van der Waals surface area contributed by atoms with Crippen LogP contribution in [0.4, 0.5) is 0 Å². The number of amides is 1. The number of nitrogens with zero attached hydrogens (tertiary/aromatic N) is 2. The van der Waals surface area contributed by atoms with Gasteiger partial charge in [0.15, 0.2) is 6.61 Å². The van der Waals surface area contributed by atoms with Crippen LogP contribution >= 0.6 is 0 Å². The van der Waals surface area contributed by atoms with E-state index in [1.807, 2.05) is 6.07 Å². The molecular formula is C18H14N4O5. The minimum atomic E-state index is -0.707. The number of hydrogen-bond donors (Lipinski definition) is 2. The van der Waals surface area contributed by atoms with Crippen molar-refractivity contribution < 1.29 is 23.8 Å².